The lowest BCUT2D eigenvalue weighted by molar-refractivity contribution is -0.138. The lowest BCUT2D eigenvalue weighted by atomic mass is 10.0. The van der Waals surface area contributed by atoms with Crippen molar-refractivity contribution in [2.45, 2.75) is 45.5 Å². The van der Waals surface area contributed by atoms with Crippen LogP contribution in [0.2, 0.25) is 0 Å². The predicted octanol–water partition coefficient (Wildman–Crippen LogP) is 5.22. The van der Waals surface area contributed by atoms with Crippen LogP contribution in [0.5, 0.6) is 0 Å². The predicted molar refractivity (Wildman–Crippen MR) is 103 cm³/mol. The zero-order valence-electron chi connectivity index (χ0n) is 16.6. The molecule has 2 rings (SSSR count). The van der Waals surface area contributed by atoms with E-state index in [4.69, 9.17) is 4.74 Å². The van der Waals surface area contributed by atoms with Crippen LogP contribution < -0.4 is 10.6 Å². The Hall–Kier alpha value is -3.03. The van der Waals surface area contributed by atoms with Gasteiger partial charge in [-0.3, -0.25) is 4.79 Å². The Bertz CT molecular complexity index is 875. The van der Waals surface area contributed by atoms with Crippen LogP contribution in [-0.4, -0.2) is 17.6 Å². The minimum absolute atomic E-state index is 0.0279. The first kappa shape index (κ1) is 22.3. The molecule has 0 radical (unpaired) electrons. The maximum atomic E-state index is 13.1. The number of alkyl halides is 3. The molecule has 2 aromatic carbocycles. The van der Waals surface area contributed by atoms with Gasteiger partial charge in [0.25, 0.3) is 5.91 Å². The van der Waals surface area contributed by atoms with Crippen molar-refractivity contribution in [3.63, 3.8) is 0 Å². The van der Waals surface area contributed by atoms with Crippen molar-refractivity contribution in [1.82, 2.24) is 5.32 Å². The molecule has 2 amide bonds. The zero-order valence-corrected chi connectivity index (χ0v) is 16.6. The molecule has 0 aromatic heterocycles. The Morgan fingerprint density at radius 1 is 1.00 bits per heavy atom. The Labute approximate surface area is 167 Å². The molecular formula is C21H23F3N2O3. The molecule has 0 heterocycles. The number of nitrogens with one attached hydrogen (secondary N) is 2. The molecule has 0 fully saturated rings. The summed E-state index contributed by atoms with van der Waals surface area (Å²) in [5.41, 5.74) is -1.15. The van der Waals surface area contributed by atoms with Crippen molar-refractivity contribution in [1.29, 1.82) is 0 Å². The normalized spacial score (nSPS) is 12.8. The number of benzene rings is 2. The summed E-state index contributed by atoms with van der Waals surface area (Å²) in [6, 6.07) is 10.7. The van der Waals surface area contributed by atoms with Gasteiger partial charge in [-0.2, -0.15) is 13.2 Å². The number of anilines is 1. The second kappa shape index (κ2) is 8.55. The van der Waals surface area contributed by atoms with Crippen LogP contribution in [0.4, 0.5) is 23.7 Å². The van der Waals surface area contributed by atoms with Gasteiger partial charge >= 0.3 is 12.3 Å². The Morgan fingerprint density at radius 2 is 1.62 bits per heavy atom. The number of alkyl carbamates (subject to hydrolysis) is 1. The molecule has 0 aliphatic heterocycles. The highest BCUT2D eigenvalue weighted by Gasteiger charge is 2.33. The lowest BCUT2D eigenvalue weighted by Gasteiger charge is -2.23. The number of rotatable bonds is 4. The molecule has 0 saturated heterocycles. The third-order valence-corrected chi connectivity index (χ3v) is 3.87. The smallest absolute Gasteiger partial charge is 0.416 e. The number of aryl methyl sites for hydroxylation is 1. The summed E-state index contributed by atoms with van der Waals surface area (Å²) in [6.07, 6.45) is -5.36. The monoisotopic (exact) mass is 408 g/mol. The quantitative estimate of drug-likeness (QED) is 0.729. The standard InChI is InChI=1S/C21H23F3N2O3/c1-13-10-11-15(12-16(13)21(22,23)24)25-18(27)17(14-8-6-5-7-9-14)26-19(28)29-20(2,3)4/h5-12,17H,1-4H3,(H,25,27)(H,26,28)/t17-/m1/s1. The second-order valence-electron chi connectivity index (χ2n) is 7.51. The molecule has 1 atom stereocenters. The van der Waals surface area contributed by atoms with Gasteiger partial charge in [-0.25, -0.2) is 4.79 Å². The summed E-state index contributed by atoms with van der Waals surface area (Å²) in [5.74, 6) is -0.695. The van der Waals surface area contributed by atoms with Gasteiger partial charge < -0.3 is 15.4 Å². The molecule has 0 bridgehead atoms. The first-order valence-corrected chi connectivity index (χ1v) is 8.90. The fourth-order valence-electron chi connectivity index (χ4n) is 2.59. The number of hydrogen-bond donors (Lipinski definition) is 2. The second-order valence-corrected chi connectivity index (χ2v) is 7.51. The van der Waals surface area contributed by atoms with Crippen LogP contribution in [-0.2, 0) is 15.7 Å². The molecule has 0 unspecified atom stereocenters. The van der Waals surface area contributed by atoms with E-state index >= 15 is 0 Å². The molecule has 5 nitrogen and oxygen atoms in total. The van der Waals surface area contributed by atoms with E-state index in [9.17, 15) is 22.8 Å². The summed E-state index contributed by atoms with van der Waals surface area (Å²) < 4.78 is 44.6. The van der Waals surface area contributed by atoms with Crippen molar-refractivity contribution in [3.8, 4) is 0 Å². The molecule has 2 N–H and O–H groups in total. The summed E-state index contributed by atoms with van der Waals surface area (Å²) >= 11 is 0. The third-order valence-electron chi connectivity index (χ3n) is 3.87. The van der Waals surface area contributed by atoms with E-state index in [1.54, 1.807) is 51.1 Å². The van der Waals surface area contributed by atoms with Gasteiger partial charge in [0.1, 0.15) is 11.6 Å². The molecule has 0 aliphatic carbocycles. The minimum Gasteiger partial charge on any atom is -0.444 e. The Morgan fingerprint density at radius 3 is 2.17 bits per heavy atom. The number of carbonyl (C=O) groups is 2. The molecule has 0 aliphatic rings. The van der Waals surface area contributed by atoms with Crippen LogP contribution in [0.1, 0.15) is 43.5 Å². The molecule has 29 heavy (non-hydrogen) atoms. The lowest BCUT2D eigenvalue weighted by Crippen LogP contribution is -2.40. The van der Waals surface area contributed by atoms with E-state index in [0.717, 1.165) is 6.07 Å². The highest BCUT2D eigenvalue weighted by Crippen LogP contribution is 2.33. The fourth-order valence-corrected chi connectivity index (χ4v) is 2.59. The van der Waals surface area contributed by atoms with E-state index in [1.165, 1.54) is 19.1 Å². The SMILES string of the molecule is Cc1ccc(NC(=O)[C@H](NC(=O)OC(C)(C)C)c2ccccc2)cc1C(F)(F)F. The first-order chi connectivity index (χ1) is 13.4. The summed E-state index contributed by atoms with van der Waals surface area (Å²) in [4.78, 5) is 25.0. The van der Waals surface area contributed by atoms with Crippen LogP contribution in [0.3, 0.4) is 0 Å². The van der Waals surface area contributed by atoms with Crippen LogP contribution in [0, 0.1) is 6.92 Å². The molecular weight excluding hydrogens is 385 g/mol. The largest absolute Gasteiger partial charge is 0.444 e. The van der Waals surface area contributed by atoms with E-state index in [-0.39, 0.29) is 11.3 Å². The van der Waals surface area contributed by atoms with Crippen molar-refractivity contribution < 1.29 is 27.5 Å². The Balaban J connectivity index is 2.27. The highest BCUT2D eigenvalue weighted by atomic mass is 19.4. The molecule has 0 spiro atoms. The number of amides is 2. The molecule has 2 aromatic rings. The van der Waals surface area contributed by atoms with Gasteiger partial charge in [0.05, 0.1) is 5.56 Å². The average molecular weight is 408 g/mol. The summed E-state index contributed by atoms with van der Waals surface area (Å²) in [7, 11) is 0. The van der Waals surface area contributed by atoms with E-state index < -0.39 is 35.4 Å². The number of halogens is 3. The fraction of sp³-hybridized carbons (Fsp3) is 0.333. The van der Waals surface area contributed by atoms with Gasteiger partial charge in [-0.1, -0.05) is 36.4 Å². The molecule has 156 valence electrons. The van der Waals surface area contributed by atoms with Gasteiger partial charge in [0.15, 0.2) is 0 Å². The van der Waals surface area contributed by atoms with Crippen molar-refractivity contribution in [2.75, 3.05) is 5.32 Å². The van der Waals surface area contributed by atoms with Gasteiger partial charge in [0.2, 0.25) is 0 Å². The van der Waals surface area contributed by atoms with E-state index in [1.807, 2.05) is 0 Å². The number of carbonyl (C=O) groups excluding carboxylic acids is 2. The van der Waals surface area contributed by atoms with Gasteiger partial charge in [0, 0.05) is 5.69 Å². The topological polar surface area (TPSA) is 67.4 Å². The highest BCUT2D eigenvalue weighted by molar-refractivity contribution is 5.97. The Kier molecular flexibility index (Phi) is 6.56. The van der Waals surface area contributed by atoms with Crippen molar-refractivity contribution in [3.05, 3.63) is 65.2 Å². The average Bonchev–Trinajstić information content (AvgIpc) is 2.59. The van der Waals surface area contributed by atoms with Crippen molar-refractivity contribution in [2.24, 2.45) is 0 Å². The number of ether oxygens (including phenoxy) is 1. The molecule has 0 saturated carbocycles. The van der Waals surface area contributed by atoms with Crippen molar-refractivity contribution >= 4 is 17.7 Å². The van der Waals surface area contributed by atoms with Gasteiger partial charge in [-0.05, 0) is 51.0 Å². The molecule has 8 heteroatoms. The minimum atomic E-state index is -4.54. The third kappa shape index (κ3) is 6.51. The van der Waals surface area contributed by atoms with Crippen LogP contribution >= 0.6 is 0 Å². The van der Waals surface area contributed by atoms with E-state index in [2.05, 4.69) is 10.6 Å². The number of hydrogen-bond acceptors (Lipinski definition) is 3. The maximum absolute atomic E-state index is 13.1. The maximum Gasteiger partial charge on any atom is 0.416 e. The summed E-state index contributed by atoms with van der Waals surface area (Å²) in [5, 5.41) is 4.91. The van der Waals surface area contributed by atoms with Crippen LogP contribution in [0.25, 0.3) is 0 Å². The first-order valence-electron chi connectivity index (χ1n) is 8.90. The van der Waals surface area contributed by atoms with E-state index in [0.29, 0.717) is 5.56 Å². The van der Waals surface area contributed by atoms with Gasteiger partial charge in [-0.15, -0.1) is 0 Å². The summed E-state index contributed by atoms with van der Waals surface area (Å²) in [6.45, 7) is 6.37. The zero-order chi connectivity index (χ0) is 21.8. The van der Waals surface area contributed by atoms with Crippen LogP contribution in [0.15, 0.2) is 48.5 Å².